The average Bonchev–Trinajstić information content (AvgIpc) is 3.32. The summed E-state index contributed by atoms with van der Waals surface area (Å²) in [5, 5.41) is 10.2. The van der Waals surface area contributed by atoms with Crippen molar-refractivity contribution in [2.45, 2.75) is 81.8 Å². The minimum Gasteiger partial charge on any atom is -0.373 e. The molecule has 154 valence electrons. The molecule has 6 unspecified atom stereocenters. The summed E-state index contributed by atoms with van der Waals surface area (Å²) in [5.74, 6) is 0.206. The van der Waals surface area contributed by atoms with Crippen LogP contribution in [0.1, 0.15) is 50.6 Å². The van der Waals surface area contributed by atoms with E-state index < -0.39 is 0 Å². The van der Waals surface area contributed by atoms with Gasteiger partial charge in [-0.1, -0.05) is 0 Å². The molecule has 2 bridgehead atoms. The van der Waals surface area contributed by atoms with Gasteiger partial charge in [-0.3, -0.25) is 10.6 Å². The minimum absolute atomic E-state index is 0.00928. The summed E-state index contributed by atoms with van der Waals surface area (Å²) in [6.07, 6.45) is 8.14. The number of carbonyl (C=O) groups excluding carboxylic acids is 1. The number of ether oxygens (including phenoxy) is 2. The Bertz CT molecular complexity index is 685. The van der Waals surface area contributed by atoms with E-state index in [0.29, 0.717) is 6.61 Å². The van der Waals surface area contributed by atoms with Gasteiger partial charge in [-0.25, -0.2) is 9.78 Å². The van der Waals surface area contributed by atoms with Crippen molar-refractivity contribution in [3.05, 3.63) is 18.2 Å². The fraction of sp³-hybridized carbons (Fsp3) is 0.789. The summed E-state index contributed by atoms with van der Waals surface area (Å²) in [5.41, 5.74) is 1.08. The van der Waals surface area contributed by atoms with Gasteiger partial charge in [0, 0.05) is 24.4 Å². The number of hydrogen-bond acceptors (Lipinski definition) is 6. The highest BCUT2D eigenvalue weighted by Crippen LogP contribution is 2.34. The molecule has 9 heteroatoms. The molecular weight excluding hydrogens is 360 g/mol. The van der Waals surface area contributed by atoms with Crippen LogP contribution in [0.3, 0.4) is 0 Å². The Morgan fingerprint density at radius 2 is 2.18 bits per heavy atom. The molecule has 28 heavy (non-hydrogen) atoms. The van der Waals surface area contributed by atoms with Gasteiger partial charge in [0.25, 0.3) is 0 Å². The Morgan fingerprint density at radius 3 is 3.04 bits per heavy atom. The molecule has 4 N–H and O–H groups in total. The second-order valence-electron chi connectivity index (χ2n) is 8.36. The highest BCUT2D eigenvalue weighted by molar-refractivity contribution is 5.78. The summed E-state index contributed by atoms with van der Waals surface area (Å²) < 4.78 is 12.7. The van der Waals surface area contributed by atoms with Crippen LogP contribution in [0.4, 0.5) is 4.79 Å². The van der Waals surface area contributed by atoms with E-state index in [0.717, 1.165) is 44.3 Å². The van der Waals surface area contributed by atoms with E-state index in [1.165, 1.54) is 0 Å². The van der Waals surface area contributed by atoms with E-state index in [4.69, 9.17) is 9.47 Å². The topological polar surface area (TPSA) is 104 Å². The number of H-pyrrole nitrogens is 1. The van der Waals surface area contributed by atoms with Crippen LogP contribution >= 0.6 is 0 Å². The Morgan fingerprint density at radius 1 is 1.25 bits per heavy atom. The molecule has 0 aromatic carbocycles. The lowest BCUT2D eigenvalue weighted by Crippen LogP contribution is -2.64. The molecule has 4 saturated heterocycles. The number of aromatic amines is 1. The summed E-state index contributed by atoms with van der Waals surface area (Å²) in [6.45, 7) is 3.66. The summed E-state index contributed by atoms with van der Waals surface area (Å²) in [7, 11) is 0. The number of nitrogens with zero attached hydrogens (tertiary/aromatic N) is 2. The number of rotatable bonds is 1. The number of nitrogens with one attached hydrogen (secondary N) is 4. The molecule has 0 saturated carbocycles. The van der Waals surface area contributed by atoms with E-state index >= 15 is 0 Å². The molecule has 9 nitrogen and oxygen atoms in total. The highest BCUT2D eigenvalue weighted by Gasteiger charge is 2.51. The second-order valence-corrected chi connectivity index (χ2v) is 8.36. The second kappa shape index (κ2) is 7.62. The van der Waals surface area contributed by atoms with Crippen LogP contribution in [-0.2, 0) is 9.47 Å². The van der Waals surface area contributed by atoms with Crippen LogP contribution in [0, 0.1) is 0 Å². The molecular formula is C19H30N6O3. The summed E-state index contributed by atoms with van der Waals surface area (Å²) in [6, 6.07) is -0.0380. The maximum absolute atomic E-state index is 12.9. The quantitative estimate of drug-likeness (QED) is 0.566. The molecule has 0 radical (unpaired) electrons. The van der Waals surface area contributed by atoms with Crippen molar-refractivity contribution in [1.82, 2.24) is 30.8 Å². The number of imidazole rings is 1. The van der Waals surface area contributed by atoms with Crippen LogP contribution < -0.4 is 16.0 Å². The third-order valence-corrected chi connectivity index (χ3v) is 6.54. The van der Waals surface area contributed by atoms with Gasteiger partial charge in [-0.15, -0.1) is 0 Å². The molecule has 4 aliphatic heterocycles. The maximum atomic E-state index is 12.9. The van der Waals surface area contributed by atoms with Crippen molar-refractivity contribution in [2.24, 2.45) is 0 Å². The SMILES string of the molecule is C[C@@H]1CCCOC2NC(CCC2c2cnc[nH]2)N2C(=O)NC3NCCC(O1)C32. The Balaban J connectivity index is 1.43. The zero-order valence-corrected chi connectivity index (χ0v) is 16.3. The summed E-state index contributed by atoms with van der Waals surface area (Å²) in [4.78, 5) is 22.3. The van der Waals surface area contributed by atoms with Gasteiger partial charge in [-0.05, 0) is 45.6 Å². The van der Waals surface area contributed by atoms with Gasteiger partial charge in [0.1, 0.15) is 12.4 Å². The first-order valence-corrected chi connectivity index (χ1v) is 10.5. The highest BCUT2D eigenvalue weighted by atomic mass is 16.5. The van der Waals surface area contributed by atoms with E-state index in [-0.39, 0.29) is 48.8 Å². The van der Waals surface area contributed by atoms with Crippen LogP contribution in [0.5, 0.6) is 0 Å². The smallest absolute Gasteiger partial charge is 0.320 e. The molecule has 2 amide bonds. The fourth-order valence-corrected chi connectivity index (χ4v) is 5.20. The van der Waals surface area contributed by atoms with Crippen molar-refractivity contribution in [3.8, 4) is 0 Å². The van der Waals surface area contributed by atoms with Crippen molar-refractivity contribution in [1.29, 1.82) is 0 Å². The van der Waals surface area contributed by atoms with Gasteiger partial charge >= 0.3 is 6.03 Å². The third kappa shape index (κ3) is 3.30. The van der Waals surface area contributed by atoms with Crippen molar-refractivity contribution < 1.29 is 14.3 Å². The zero-order valence-electron chi connectivity index (χ0n) is 16.3. The lowest BCUT2D eigenvalue weighted by atomic mass is 9.91. The lowest BCUT2D eigenvalue weighted by Gasteiger charge is -2.46. The molecule has 7 atom stereocenters. The maximum Gasteiger partial charge on any atom is 0.320 e. The molecule has 1 aromatic heterocycles. The molecule has 5 heterocycles. The number of urea groups is 1. The van der Waals surface area contributed by atoms with Crippen molar-refractivity contribution in [2.75, 3.05) is 13.2 Å². The first-order valence-electron chi connectivity index (χ1n) is 10.5. The van der Waals surface area contributed by atoms with Crippen molar-refractivity contribution in [3.63, 3.8) is 0 Å². The standard InChI is InChI=1S/C19H30N6O3/c1-11-3-2-8-27-18-12(13-9-20-10-22-13)4-5-15(23-18)25-16-14(28-11)6-7-21-17(16)24-19(25)26/h9-12,14-18,21,23H,2-8H2,1H3,(H,20,22)(H,24,26)/t11-,12?,14?,15?,16?,17?,18?/m1/s1. The monoisotopic (exact) mass is 390 g/mol. The number of piperidine rings is 2. The normalized spacial score (nSPS) is 41.5. The number of hydrogen-bond donors (Lipinski definition) is 4. The Kier molecular flexibility index (Phi) is 5.00. The Labute approximate surface area is 164 Å². The van der Waals surface area contributed by atoms with Crippen LogP contribution in [-0.4, -0.2) is 70.9 Å². The van der Waals surface area contributed by atoms with Crippen molar-refractivity contribution >= 4 is 6.03 Å². The van der Waals surface area contributed by atoms with Gasteiger partial charge in [-0.2, -0.15) is 0 Å². The summed E-state index contributed by atoms with van der Waals surface area (Å²) >= 11 is 0. The molecule has 0 spiro atoms. The average molecular weight is 390 g/mol. The number of amides is 2. The largest absolute Gasteiger partial charge is 0.373 e. The third-order valence-electron chi connectivity index (χ3n) is 6.54. The van der Waals surface area contributed by atoms with E-state index in [1.807, 2.05) is 11.1 Å². The van der Waals surface area contributed by atoms with E-state index in [2.05, 4.69) is 32.8 Å². The zero-order chi connectivity index (χ0) is 19.1. The molecule has 4 aliphatic rings. The molecule has 5 rings (SSSR count). The number of fused-ring (bicyclic) bond motifs is 3. The number of carbonyl (C=O) groups is 1. The fourth-order valence-electron chi connectivity index (χ4n) is 5.20. The van der Waals surface area contributed by atoms with E-state index in [1.54, 1.807) is 6.33 Å². The predicted octanol–water partition coefficient (Wildman–Crippen LogP) is 0.826. The van der Waals surface area contributed by atoms with E-state index in [9.17, 15) is 4.79 Å². The van der Waals surface area contributed by atoms with Gasteiger partial charge in [0.2, 0.25) is 0 Å². The molecule has 1 aromatic rings. The van der Waals surface area contributed by atoms with Crippen LogP contribution in [0.25, 0.3) is 0 Å². The first-order chi connectivity index (χ1) is 13.7. The van der Waals surface area contributed by atoms with Gasteiger partial charge in [0.05, 0.1) is 30.7 Å². The van der Waals surface area contributed by atoms with Gasteiger partial charge < -0.3 is 24.7 Å². The van der Waals surface area contributed by atoms with Crippen LogP contribution in [0.2, 0.25) is 0 Å². The Hall–Kier alpha value is -1.68. The predicted molar refractivity (Wildman–Crippen MR) is 101 cm³/mol. The molecule has 4 fully saturated rings. The first kappa shape index (κ1) is 18.4. The van der Waals surface area contributed by atoms with Crippen LogP contribution in [0.15, 0.2) is 12.5 Å². The number of aromatic nitrogens is 2. The molecule has 0 aliphatic carbocycles. The van der Waals surface area contributed by atoms with Gasteiger partial charge in [0.15, 0.2) is 0 Å². The lowest BCUT2D eigenvalue weighted by molar-refractivity contribution is -0.0970. The minimum atomic E-state index is -0.142.